The van der Waals surface area contributed by atoms with Gasteiger partial charge in [-0.05, 0) is 24.5 Å². The number of rotatable bonds is 2. The highest BCUT2D eigenvalue weighted by Crippen LogP contribution is 2.01. The van der Waals surface area contributed by atoms with Crippen LogP contribution in [0.4, 0.5) is 0 Å². The van der Waals surface area contributed by atoms with E-state index in [-0.39, 0.29) is 0 Å². The molecule has 0 aromatic rings. The van der Waals surface area contributed by atoms with Gasteiger partial charge in [0.1, 0.15) is 0 Å². The lowest BCUT2D eigenvalue weighted by molar-refractivity contribution is 0.590. The largest absolute Gasteiger partial charge is 0.446 e. The summed E-state index contributed by atoms with van der Waals surface area (Å²) >= 11 is 0. The second-order valence-corrected chi connectivity index (χ2v) is 2.38. The van der Waals surface area contributed by atoms with E-state index in [9.17, 15) is 0 Å². The van der Waals surface area contributed by atoms with E-state index in [1.807, 2.05) is 0 Å². The summed E-state index contributed by atoms with van der Waals surface area (Å²) in [5.41, 5.74) is 6.69. The Labute approximate surface area is 67.9 Å². The molecule has 0 amide bonds. The molecule has 0 atom stereocenters. The minimum atomic E-state index is -0.565. The van der Waals surface area contributed by atoms with Gasteiger partial charge in [0.2, 0.25) is 0 Å². The zero-order valence-corrected chi connectivity index (χ0v) is 6.83. The predicted octanol–water partition coefficient (Wildman–Crippen LogP) is 0.561. The van der Waals surface area contributed by atoms with Crippen molar-refractivity contribution in [2.45, 2.75) is 13.7 Å². The lowest BCUT2D eigenvalue weighted by atomic mass is 9.63. The summed E-state index contributed by atoms with van der Waals surface area (Å²) in [7, 11) is 0. The van der Waals surface area contributed by atoms with Crippen LogP contribution in [-0.2, 0) is 0 Å². The molecule has 0 unspecified atom stereocenters. The summed E-state index contributed by atoms with van der Waals surface area (Å²) in [6.07, 6.45) is 8.19. The van der Waals surface area contributed by atoms with Gasteiger partial charge < -0.3 is 10.8 Å². The van der Waals surface area contributed by atoms with Crippen molar-refractivity contribution in [2.24, 2.45) is 5.73 Å². The maximum Gasteiger partial charge on any atom is 0.321 e. The molecule has 3 heteroatoms. The minimum absolute atomic E-state index is 0.565. The fourth-order valence-electron chi connectivity index (χ4n) is 0.642. The second kappa shape index (κ2) is 4.65. The smallest absolute Gasteiger partial charge is 0.321 e. The highest BCUT2D eigenvalue weighted by Gasteiger charge is 2.06. The van der Waals surface area contributed by atoms with Crippen LogP contribution in [-0.4, -0.2) is 11.9 Å². The Morgan fingerprint density at radius 3 is 2.55 bits per heavy atom. The molecular formula is C8H12BNO. The van der Waals surface area contributed by atoms with E-state index >= 15 is 0 Å². The minimum Gasteiger partial charge on any atom is -0.446 e. The fraction of sp³-hybridized carbons (Fsp3) is 0.250. The third-order valence-electron chi connectivity index (χ3n) is 1.13. The molecule has 0 aliphatic heterocycles. The Hall–Kier alpha value is -1.14. The molecule has 3 N–H and O–H groups in total. The molecule has 0 saturated carbocycles. The van der Waals surface area contributed by atoms with E-state index in [0.29, 0.717) is 11.2 Å². The number of terminal acetylenes is 1. The van der Waals surface area contributed by atoms with Gasteiger partial charge in [-0.2, -0.15) is 0 Å². The summed E-state index contributed by atoms with van der Waals surface area (Å²) < 4.78 is 0. The van der Waals surface area contributed by atoms with E-state index in [1.54, 1.807) is 19.8 Å². The number of hydrogen-bond acceptors (Lipinski definition) is 2. The molecule has 0 aliphatic carbocycles. The normalized spacial score (nSPS) is 12.5. The number of nitrogens with two attached hydrogens (primary N) is 1. The van der Waals surface area contributed by atoms with Crippen LogP contribution in [0.1, 0.15) is 6.92 Å². The quantitative estimate of drug-likeness (QED) is 0.342. The lowest BCUT2D eigenvalue weighted by Crippen LogP contribution is -2.10. The highest BCUT2D eigenvalue weighted by molar-refractivity contribution is 6.58. The summed E-state index contributed by atoms with van der Waals surface area (Å²) in [5, 5.41) is 9.13. The molecule has 58 valence electrons. The van der Waals surface area contributed by atoms with Crippen LogP contribution >= 0.6 is 0 Å². The topological polar surface area (TPSA) is 46.2 Å². The van der Waals surface area contributed by atoms with E-state index in [0.717, 1.165) is 0 Å². The summed E-state index contributed by atoms with van der Waals surface area (Å²) in [6, 6.07) is 0. The van der Waals surface area contributed by atoms with Crippen molar-refractivity contribution >= 4 is 6.92 Å². The second-order valence-electron chi connectivity index (χ2n) is 2.38. The Bertz CT molecular complexity index is 219. The van der Waals surface area contributed by atoms with Gasteiger partial charge >= 0.3 is 6.92 Å². The molecule has 0 heterocycles. The number of hydrogen-bond donors (Lipinski definition) is 2. The highest BCUT2D eigenvalue weighted by atomic mass is 16.2. The van der Waals surface area contributed by atoms with Crippen LogP contribution in [0.5, 0.6) is 0 Å². The third kappa shape index (κ3) is 4.29. The molecule has 0 radical (unpaired) electrons. The first-order chi connectivity index (χ1) is 5.07. The van der Waals surface area contributed by atoms with Gasteiger partial charge in [0, 0.05) is 5.70 Å². The van der Waals surface area contributed by atoms with Crippen molar-refractivity contribution in [3.63, 3.8) is 0 Å². The van der Waals surface area contributed by atoms with Crippen molar-refractivity contribution in [3.05, 3.63) is 23.3 Å². The van der Waals surface area contributed by atoms with Crippen molar-refractivity contribution in [2.75, 3.05) is 0 Å². The Balaban J connectivity index is 4.53. The van der Waals surface area contributed by atoms with Crippen molar-refractivity contribution < 1.29 is 5.02 Å². The summed E-state index contributed by atoms with van der Waals surface area (Å²) in [6.45, 7) is 2.82. The first-order valence-corrected chi connectivity index (χ1v) is 3.36. The van der Waals surface area contributed by atoms with Gasteiger partial charge in [-0.3, -0.25) is 0 Å². The molecule has 0 aliphatic rings. The fourth-order valence-corrected chi connectivity index (χ4v) is 0.642. The zero-order valence-electron chi connectivity index (χ0n) is 6.83. The Kier molecular flexibility index (Phi) is 4.17. The predicted molar refractivity (Wildman–Crippen MR) is 48.7 cm³/mol. The molecular weight excluding hydrogens is 137 g/mol. The van der Waals surface area contributed by atoms with Crippen LogP contribution in [0.3, 0.4) is 0 Å². The summed E-state index contributed by atoms with van der Waals surface area (Å²) in [5.74, 6) is 2.33. The third-order valence-corrected chi connectivity index (χ3v) is 1.13. The van der Waals surface area contributed by atoms with Crippen LogP contribution < -0.4 is 5.73 Å². The molecule has 0 fully saturated rings. The monoisotopic (exact) mass is 149 g/mol. The molecule has 0 aromatic carbocycles. The van der Waals surface area contributed by atoms with Gasteiger partial charge in [-0.25, -0.2) is 0 Å². The average Bonchev–Trinajstić information content (AvgIpc) is 1.86. The van der Waals surface area contributed by atoms with Crippen LogP contribution in [0, 0.1) is 12.3 Å². The van der Waals surface area contributed by atoms with Crippen molar-refractivity contribution in [1.29, 1.82) is 0 Å². The molecule has 11 heavy (non-hydrogen) atoms. The Morgan fingerprint density at radius 1 is 1.73 bits per heavy atom. The Morgan fingerprint density at radius 2 is 2.27 bits per heavy atom. The number of allylic oxidation sites excluding steroid dienone is 4. The molecule has 0 saturated heterocycles. The van der Waals surface area contributed by atoms with E-state index < -0.39 is 6.92 Å². The molecule has 0 aromatic heterocycles. The van der Waals surface area contributed by atoms with Crippen molar-refractivity contribution in [3.8, 4) is 12.3 Å². The first kappa shape index (κ1) is 9.86. The van der Waals surface area contributed by atoms with Crippen LogP contribution in [0.25, 0.3) is 0 Å². The molecule has 0 rings (SSSR count). The molecule has 0 bridgehead atoms. The average molecular weight is 149 g/mol. The first-order valence-electron chi connectivity index (χ1n) is 3.36. The maximum atomic E-state index is 9.13. The molecule has 0 spiro atoms. The van der Waals surface area contributed by atoms with Crippen molar-refractivity contribution in [1.82, 2.24) is 0 Å². The van der Waals surface area contributed by atoms with Gasteiger partial charge in [-0.1, -0.05) is 12.7 Å². The zero-order chi connectivity index (χ0) is 8.85. The van der Waals surface area contributed by atoms with Gasteiger partial charge in [0.05, 0.1) is 0 Å². The lowest BCUT2D eigenvalue weighted by Gasteiger charge is -1.99. The van der Waals surface area contributed by atoms with E-state index in [2.05, 4.69) is 5.92 Å². The van der Waals surface area contributed by atoms with Gasteiger partial charge in [0.25, 0.3) is 0 Å². The molecule has 2 nitrogen and oxygen atoms in total. The van der Waals surface area contributed by atoms with Gasteiger partial charge in [-0.15, -0.1) is 6.42 Å². The SMILES string of the molecule is C#C/C=C(\C=C(\C)N)B(C)O. The standard InChI is InChI=1S/C8H12BNO/c1-4-5-8(9(3)11)6-7(2)10/h1,5-6,11H,10H2,2-3H3/b7-6-,8-5+. The maximum absolute atomic E-state index is 9.13. The van der Waals surface area contributed by atoms with E-state index in [4.69, 9.17) is 17.2 Å². The van der Waals surface area contributed by atoms with Gasteiger partial charge in [0.15, 0.2) is 0 Å². The summed E-state index contributed by atoms with van der Waals surface area (Å²) in [4.78, 5) is 0. The van der Waals surface area contributed by atoms with Crippen LogP contribution in [0.2, 0.25) is 6.82 Å². The van der Waals surface area contributed by atoms with Crippen LogP contribution in [0.15, 0.2) is 23.3 Å². The van der Waals surface area contributed by atoms with E-state index in [1.165, 1.54) is 6.08 Å².